The Bertz CT molecular complexity index is 2910. The number of anilines is 2. The molecule has 0 radical (unpaired) electrons. The third-order valence-electron chi connectivity index (χ3n) is 12.9. The summed E-state index contributed by atoms with van der Waals surface area (Å²) in [6, 6.07) is 26.2. The number of carbonyl (C=O) groups excluding carboxylic acids is 2. The molecule has 0 unspecified atom stereocenters. The molecule has 8 rings (SSSR count). The Morgan fingerprint density at radius 2 is 1.10 bits per heavy atom. The summed E-state index contributed by atoms with van der Waals surface area (Å²) in [7, 11) is 0. The van der Waals surface area contributed by atoms with Crippen LogP contribution in [-0.2, 0) is 9.47 Å². The van der Waals surface area contributed by atoms with E-state index in [9.17, 15) is 9.59 Å². The number of benzene rings is 4. The highest BCUT2D eigenvalue weighted by molar-refractivity contribution is 5.94. The molecule has 2 amide bonds. The summed E-state index contributed by atoms with van der Waals surface area (Å²) in [4.78, 5) is 47.6. The Morgan fingerprint density at radius 1 is 0.614 bits per heavy atom. The van der Waals surface area contributed by atoms with E-state index in [1.807, 2.05) is 60.3 Å². The molecule has 2 aliphatic rings. The summed E-state index contributed by atoms with van der Waals surface area (Å²) in [5, 5.41) is 9.35. The number of piperidine rings is 1. The van der Waals surface area contributed by atoms with Crippen LogP contribution in [0.15, 0.2) is 78.9 Å². The molecule has 2 atom stereocenters. The summed E-state index contributed by atoms with van der Waals surface area (Å²) in [5.41, 5.74) is 11.9. The van der Waals surface area contributed by atoms with Gasteiger partial charge in [-0.15, -0.1) is 0 Å². The predicted octanol–water partition coefficient (Wildman–Crippen LogP) is 13.6. The van der Waals surface area contributed by atoms with Crippen LogP contribution in [0.3, 0.4) is 0 Å². The number of likely N-dealkylation sites (tertiary alicyclic amines) is 1. The molecule has 70 heavy (non-hydrogen) atoms. The fourth-order valence-corrected chi connectivity index (χ4v) is 9.30. The predicted molar refractivity (Wildman–Crippen MR) is 285 cm³/mol. The second kappa shape index (κ2) is 21.2. The van der Waals surface area contributed by atoms with E-state index in [0.29, 0.717) is 32.1 Å². The molecule has 4 aromatic carbocycles. The van der Waals surface area contributed by atoms with Gasteiger partial charge >= 0.3 is 12.2 Å². The van der Waals surface area contributed by atoms with E-state index in [4.69, 9.17) is 29.4 Å². The maximum absolute atomic E-state index is 12.5. The molecule has 370 valence electrons. The first kappa shape index (κ1) is 51.3. The number of hydrogen-bond acceptors (Lipinski definition) is 10. The van der Waals surface area contributed by atoms with Gasteiger partial charge in [0.05, 0.1) is 11.0 Å². The number of nitrogens with zero attached hydrogens (tertiary/aromatic N) is 6. The van der Waals surface area contributed by atoms with E-state index in [2.05, 4.69) is 131 Å². The number of rotatable bonds is 8. The van der Waals surface area contributed by atoms with E-state index in [1.54, 1.807) is 4.90 Å². The van der Waals surface area contributed by atoms with Crippen molar-refractivity contribution < 1.29 is 19.1 Å². The number of nitrogens with one attached hydrogen (secondary N) is 2. The molecule has 1 fully saturated rings. The minimum Gasteiger partial charge on any atom is -0.444 e. The first-order chi connectivity index (χ1) is 33.0. The zero-order chi connectivity index (χ0) is 50.7. The lowest BCUT2D eigenvalue weighted by molar-refractivity contribution is 0.0203. The van der Waals surface area contributed by atoms with E-state index in [1.165, 1.54) is 33.4 Å². The SMILES string of the molecule is Cc1cccc([C@@H](C)Nc2nc(C)nc3c(C)cc(C4=CCN(C(=O)OC(C)(C)C)CC4)cc23)c1.Cc1cccc([C@@H](C)Nc2nc(C)nc3c(C)cc(C4CCN(C(=O)OC(C)(C)C)CC4)cc23)c1. The monoisotopic (exact) mass is 947 g/mol. The van der Waals surface area contributed by atoms with Crippen LogP contribution in [0.2, 0.25) is 0 Å². The van der Waals surface area contributed by atoms with Crippen molar-refractivity contribution in [1.29, 1.82) is 0 Å². The zero-order valence-electron chi connectivity index (χ0n) is 44.0. The number of aromatic nitrogens is 4. The average molecular weight is 947 g/mol. The third-order valence-corrected chi connectivity index (χ3v) is 12.9. The van der Waals surface area contributed by atoms with Gasteiger partial charge in [-0.2, -0.15) is 0 Å². The van der Waals surface area contributed by atoms with E-state index in [-0.39, 0.29) is 24.3 Å². The maximum atomic E-state index is 12.5. The molecule has 1 saturated heterocycles. The normalized spacial score (nSPS) is 15.4. The Kier molecular flexibility index (Phi) is 15.5. The summed E-state index contributed by atoms with van der Waals surface area (Å²) < 4.78 is 11.1. The van der Waals surface area contributed by atoms with E-state index in [0.717, 1.165) is 81.0 Å². The standard InChI is InChI=1S/C29H38N4O2.C29H36N4O2/c2*1-18-9-8-10-23(15-18)20(3)30-27-25-17-24(16-19(2)26(25)31-21(4)32-27)22-11-13-33(14-12-22)28(34)35-29(5,6)7/h8-10,15-17,20,22H,11-14H2,1-7H3,(H,30,31,32);8-11,15-17,20H,12-14H2,1-7H3,(H,30,31,32)/t2*20-/m11/s1. The summed E-state index contributed by atoms with van der Waals surface area (Å²) in [6.07, 6.45) is 4.26. The van der Waals surface area contributed by atoms with Crippen LogP contribution in [-0.4, -0.2) is 79.3 Å². The van der Waals surface area contributed by atoms with Crippen LogP contribution in [0.4, 0.5) is 21.2 Å². The van der Waals surface area contributed by atoms with E-state index < -0.39 is 11.2 Å². The number of ether oxygens (including phenoxy) is 2. The quantitative estimate of drug-likeness (QED) is 0.152. The van der Waals surface area contributed by atoms with Crippen LogP contribution in [0.5, 0.6) is 0 Å². The van der Waals surface area contributed by atoms with Gasteiger partial charge in [-0.1, -0.05) is 71.8 Å². The lowest BCUT2D eigenvalue weighted by Crippen LogP contribution is -2.41. The minimum absolute atomic E-state index is 0.104. The van der Waals surface area contributed by atoms with Crippen LogP contribution < -0.4 is 10.6 Å². The molecular weight excluding hydrogens is 873 g/mol. The average Bonchev–Trinajstić information content (AvgIpc) is 3.28. The smallest absolute Gasteiger partial charge is 0.410 e. The fraction of sp³-hybridized carbons (Fsp3) is 0.448. The Balaban J connectivity index is 0.000000206. The largest absolute Gasteiger partial charge is 0.444 e. The van der Waals surface area contributed by atoms with Crippen molar-refractivity contribution in [2.75, 3.05) is 36.8 Å². The molecule has 2 aliphatic heterocycles. The lowest BCUT2D eigenvalue weighted by atomic mass is 9.87. The Hall–Kier alpha value is -6.56. The van der Waals surface area contributed by atoms with Gasteiger partial charge in [0.1, 0.15) is 34.5 Å². The van der Waals surface area contributed by atoms with Crippen molar-refractivity contribution in [3.63, 3.8) is 0 Å². The van der Waals surface area contributed by atoms with Crippen LogP contribution in [0.25, 0.3) is 27.4 Å². The van der Waals surface area contributed by atoms with Crippen LogP contribution in [0, 0.1) is 41.5 Å². The van der Waals surface area contributed by atoms with Crippen molar-refractivity contribution >= 4 is 51.2 Å². The molecule has 2 aromatic heterocycles. The topological polar surface area (TPSA) is 135 Å². The second-order valence-corrected chi connectivity index (χ2v) is 21.4. The molecule has 12 nitrogen and oxygen atoms in total. The van der Waals surface area contributed by atoms with Gasteiger partial charge in [0.25, 0.3) is 0 Å². The van der Waals surface area contributed by atoms with Gasteiger partial charge in [0, 0.05) is 49.0 Å². The van der Waals surface area contributed by atoms with Gasteiger partial charge < -0.3 is 29.9 Å². The van der Waals surface area contributed by atoms with Crippen LogP contribution in [0.1, 0.15) is 149 Å². The van der Waals surface area contributed by atoms with Crippen molar-refractivity contribution in [2.24, 2.45) is 0 Å². The van der Waals surface area contributed by atoms with Gasteiger partial charge in [-0.05, 0) is 179 Å². The van der Waals surface area contributed by atoms with Gasteiger partial charge in [-0.25, -0.2) is 29.5 Å². The highest BCUT2D eigenvalue weighted by Gasteiger charge is 2.29. The lowest BCUT2D eigenvalue weighted by Gasteiger charge is -2.33. The highest BCUT2D eigenvalue weighted by atomic mass is 16.6. The molecule has 0 bridgehead atoms. The molecule has 0 spiro atoms. The van der Waals surface area contributed by atoms with Crippen molar-refractivity contribution in [3.8, 4) is 0 Å². The molecule has 0 saturated carbocycles. The summed E-state index contributed by atoms with van der Waals surface area (Å²) >= 11 is 0. The molecular formula is C58H74N8O4. The maximum Gasteiger partial charge on any atom is 0.410 e. The Labute approximate surface area is 415 Å². The van der Waals surface area contributed by atoms with Crippen molar-refractivity contribution in [2.45, 2.75) is 145 Å². The number of aryl methyl sites for hydroxylation is 6. The van der Waals surface area contributed by atoms with Gasteiger partial charge in [0.15, 0.2) is 0 Å². The molecule has 12 heteroatoms. The molecule has 2 N–H and O–H groups in total. The van der Waals surface area contributed by atoms with Gasteiger partial charge in [-0.3, -0.25) is 0 Å². The number of carbonyl (C=O) groups is 2. The number of hydrogen-bond donors (Lipinski definition) is 2. The van der Waals surface area contributed by atoms with Crippen LogP contribution >= 0.6 is 0 Å². The second-order valence-electron chi connectivity index (χ2n) is 21.4. The van der Waals surface area contributed by atoms with E-state index >= 15 is 0 Å². The minimum atomic E-state index is -0.492. The first-order valence-electron chi connectivity index (χ1n) is 24.9. The molecule has 4 heterocycles. The zero-order valence-corrected chi connectivity index (χ0v) is 44.0. The number of amides is 2. The molecule has 6 aromatic rings. The first-order valence-corrected chi connectivity index (χ1v) is 24.9. The summed E-state index contributed by atoms with van der Waals surface area (Å²) in [5.74, 6) is 3.62. The number of fused-ring (bicyclic) bond motifs is 2. The molecule has 0 aliphatic carbocycles. The third kappa shape index (κ3) is 13.0. The summed E-state index contributed by atoms with van der Waals surface area (Å²) in [6.45, 7) is 30.6. The van der Waals surface area contributed by atoms with Gasteiger partial charge in [0.2, 0.25) is 0 Å². The van der Waals surface area contributed by atoms with Crippen molar-refractivity contribution in [3.05, 3.63) is 135 Å². The van der Waals surface area contributed by atoms with Crippen molar-refractivity contribution in [1.82, 2.24) is 29.7 Å². The Morgan fingerprint density at radius 3 is 1.57 bits per heavy atom. The highest BCUT2D eigenvalue weighted by Crippen LogP contribution is 2.36. The fourth-order valence-electron chi connectivity index (χ4n) is 9.30.